The van der Waals surface area contributed by atoms with Crippen LogP contribution in [0.3, 0.4) is 0 Å². The van der Waals surface area contributed by atoms with E-state index in [0.29, 0.717) is 68.1 Å². The molecular formula is C50H63MgN4O6-. The molecule has 11 heteroatoms. The van der Waals surface area contributed by atoms with E-state index >= 15 is 0 Å². The molecule has 1 saturated heterocycles. The summed E-state index contributed by atoms with van der Waals surface area (Å²) in [5.41, 5.74) is 8.28. The van der Waals surface area contributed by atoms with Gasteiger partial charge in [0.1, 0.15) is 12.5 Å². The molecule has 3 aliphatic rings. The van der Waals surface area contributed by atoms with Crippen LogP contribution < -0.4 is 41.5 Å². The van der Waals surface area contributed by atoms with E-state index in [0.717, 1.165) is 53.1 Å². The molecule has 3 aromatic heterocycles. The van der Waals surface area contributed by atoms with Gasteiger partial charge in [0.25, 0.3) is 0 Å². The number of fused-ring (bicyclic) bond motifs is 8. The number of carbonyl (C=O) groups excluding carboxylic acids is 3. The third-order valence-corrected chi connectivity index (χ3v) is 13.1. The summed E-state index contributed by atoms with van der Waals surface area (Å²) in [5.74, 6) is -1.36. The predicted octanol–water partition coefficient (Wildman–Crippen LogP) is 5.57. The number of Topliss-reactive ketones (excluding diaryl/α,β-unsaturated/α-hetero) is 1. The molecule has 0 aromatic carbocycles. The zero-order chi connectivity index (χ0) is 43.4. The number of aromatic nitrogens is 3. The number of aliphatic hydroxyl groups is 1. The van der Waals surface area contributed by atoms with Crippen molar-refractivity contribution in [3.63, 3.8) is 0 Å². The molecule has 1 unspecified atom stereocenters. The van der Waals surface area contributed by atoms with Crippen molar-refractivity contribution in [1.82, 2.24) is 20.3 Å². The number of aliphatic hydroxyl groups excluding tert-OH is 1. The zero-order valence-electron chi connectivity index (χ0n) is 37.7. The van der Waals surface area contributed by atoms with Crippen molar-refractivity contribution in [2.75, 3.05) is 13.7 Å². The van der Waals surface area contributed by atoms with Crippen molar-refractivity contribution in [2.45, 2.75) is 119 Å². The van der Waals surface area contributed by atoms with E-state index in [9.17, 15) is 19.5 Å². The number of ether oxygens (including phenoxy) is 2. The van der Waals surface area contributed by atoms with Crippen LogP contribution in [0.5, 0.6) is 0 Å². The number of hydrogen-bond donors (Lipinski definition) is 2. The molecule has 10 nitrogen and oxygen atoms in total. The van der Waals surface area contributed by atoms with Gasteiger partial charge >= 0.3 is 35.0 Å². The van der Waals surface area contributed by atoms with Gasteiger partial charge in [-0.05, 0) is 86.6 Å². The van der Waals surface area contributed by atoms with Crippen molar-refractivity contribution >= 4 is 76.9 Å². The fourth-order valence-electron chi connectivity index (χ4n) is 9.45. The first-order valence-corrected chi connectivity index (χ1v) is 21.8. The van der Waals surface area contributed by atoms with Gasteiger partial charge in [0.05, 0.1) is 19.4 Å². The first-order chi connectivity index (χ1) is 28.7. The maximum absolute atomic E-state index is 14.4. The number of methoxy groups -OCH3 is 1. The number of hydrogen-bond acceptors (Lipinski definition) is 7. The number of ketones is 1. The Morgan fingerprint density at radius 1 is 0.967 bits per heavy atom. The van der Waals surface area contributed by atoms with Gasteiger partial charge in [-0.25, -0.2) is 0 Å². The third-order valence-electron chi connectivity index (χ3n) is 13.1. The summed E-state index contributed by atoms with van der Waals surface area (Å²) < 4.78 is 11.0. The van der Waals surface area contributed by atoms with Crippen molar-refractivity contribution in [1.29, 1.82) is 0 Å². The van der Waals surface area contributed by atoms with E-state index in [1.165, 1.54) is 38.4 Å². The van der Waals surface area contributed by atoms with E-state index < -0.39 is 17.9 Å². The molecule has 61 heavy (non-hydrogen) atoms. The molecule has 2 N–H and O–H groups in total. The molecule has 0 saturated carbocycles. The first kappa shape index (κ1) is 47.6. The molecule has 6 rings (SSSR count). The van der Waals surface area contributed by atoms with Gasteiger partial charge in [-0.2, -0.15) is 0 Å². The Kier molecular flexibility index (Phi) is 16.1. The summed E-state index contributed by atoms with van der Waals surface area (Å²) in [6.45, 7) is 21.2. The van der Waals surface area contributed by atoms with E-state index in [1.807, 2.05) is 45.1 Å². The molecule has 1 aliphatic carbocycles. The minimum atomic E-state index is -1.19. The number of carbonyl (C=O) groups is 3. The van der Waals surface area contributed by atoms with Crippen LogP contribution in [0.15, 0.2) is 23.9 Å². The average Bonchev–Trinajstić information content (AvgIpc) is 3.96. The van der Waals surface area contributed by atoms with Crippen LogP contribution >= 0.6 is 0 Å². The Bertz CT molecular complexity index is 2460. The summed E-state index contributed by atoms with van der Waals surface area (Å²) in [4.78, 5) is 56.3. The van der Waals surface area contributed by atoms with Crippen LogP contribution in [0.1, 0.15) is 143 Å². The van der Waals surface area contributed by atoms with Gasteiger partial charge in [0.15, 0.2) is 5.78 Å². The monoisotopic (exact) mass is 839 g/mol. The minimum Gasteiger partial charge on any atom is -0.657 e. The first-order valence-electron chi connectivity index (χ1n) is 21.8. The second-order valence-electron chi connectivity index (χ2n) is 17.6. The van der Waals surface area contributed by atoms with Gasteiger partial charge in [0.2, 0.25) is 0 Å². The molecule has 322 valence electrons. The van der Waals surface area contributed by atoms with Crippen molar-refractivity contribution in [3.8, 4) is 0 Å². The molecule has 8 bridgehead atoms. The summed E-state index contributed by atoms with van der Waals surface area (Å²) in [6, 6.07) is -0.524. The van der Waals surface area contributed by atoms with E-state index in [4.69, 9.17) is 24.4 Å². The van der Waals surface area contributed by atoms with Gasteiger partial charge in [-0.15, -0.1) is 33.1 Å². The number of allylic oxidation sites excluding steroid dienone is 2. The van der Waals surface area contributed by atoms with Gasteiger partial charge in [-0.1, -0.05) is 113 Å². The van der Waals surface area contributed by atoms with Crippen LogP contribution in [-0.2, 0) is 25.5 Å². The maximum Gasteiger partial charge on any atom is 2.00 e. The maximum atomic E-state index is 14.4. The summed E-state index contributed by atoms with van der Waals surface area (Å²) in [7, 11) is 1.29. The van der Waals surface area contributed by atoms with Crippen molar-refractivity contribution < 1.29 is 29.0 Å². The summed E-state index contributed by atoms with van der Waals surface area (Å²) in [6.07, 6.45) is 18.9. The van der Waals surface area contributed by atoms with Crippen LogP contribution in [0, 0.1) is 43.4 Å². The van der Waals surface area contributed by atoms with E-state index in [1.54, 1.807) is 6.08 Å². The van der Waals surface area contributed by atoms with E-state index in [-0.39, 0.29) is 59.7 Å². The number of rotatable bonds is 16. The Morgan fingerprint density at radius 3 is 2.36 bits per heavy atom. The molecule has 1 fully saturated rings. The Morgan fingerprint density at radius 2 is 1.69 bits per heavy atom. The van der Waals surface area contributed by atoms with Gasteiger partial charge < -0.3 is 34.8 Å². The molecule has 2 aliphatic heterocycles. The summed E-state index contributed by atoms with van der Waals surface area (Å²) >= 11 is 0. The number of esters is 2. The molecule has 0 radical (unpaired) electrons. The predicted molar refractivity (Wildman–Crippen MR) is 243 cm³/mol. The quantitative estimate of drug-likeness (QED) is 0.0814. The molecule has 5 heterocycles. The van der Waals surface area contributed by atoms with Crippen LogP contribution in [-0.4, -0.2) is 65.6 Å². The average molecular weight is 840 g/mol. The van der Waals surface area contributed by atoms with Crippen molar-refractivity contribution in [2.24, 2.45) is 29.6 Å². The molecule has 3 aromatic rings. The number of nitrogens with zero attached hydrogens (tertiary/aromatic N) is 3. The Labute approximate surface area is 377 Å². The van der Waals surface area contributed by atoms with Crippen LogP contribution in [0.25, 0.3) is 36.1 Å². The van der Waals surface area contributed by atoms with Crippen LogP contribution in [0.4, 0.5) is 0 Å². The second kappa shape index (κ2) is 20.6. The SMILES string of the molecule is C=Cc1c2[n-]c(c1C)/C=C1\NC(C3=c4[n-]/c(c(C)c4C(=O)[C@@H]3C(=O)OC)=C\c3[n-]c(/c(=C\O)c3CC)=C\2)[C@@H](CCC(=O)OC/C=C(\C)CCC[C@H](C)CCCC(C)C)[C@@H]1C.[Mg+2]. The molecule has 0 amide bonds. The Hall–Kier alpha value is -4.48. The molecular weight excluding hydrogens is 777 g/mol. The third kappa shape index (κ3) is 9.93. The normalized spacial score (nSPS) is 22.1. The molecule has 0 spiro atoms. The number of nitrogens with one attached hydrogen (secondary N) is 1. The zero-order valence-corrected chi connectivity index (χ0v) is 39.2. The fourth-order valence-corrected chi connectivity index (χ4v) is 9.45. The largest absolute Gasteiger partial charge is 2.00 e. The second-order valence-corrected chi connectivity index (χ2v) is 17.6. The van der Waals surface area contributed by atoms with Gasteiger partial charge in [0, 0.05) is 23.6 Å². The smallest absolute Gasteiger partial charge is 0.657 e. The summed E-state index contributed by atoms with van der Waals surface area (Å²) in [5, 5.41) is 16.3. The fraction of sp³-hybridized carbons (Fsp3) is 0.500. The Balaban J connectivity index is 0.00000704. The van der Waals surface area contributed by atoms with Crippen molar-refractivity contribution in [3.05, 3.63) is 90.1 Å². The van der Waals surface area contributed by atoms with Gasteiger partial charge in [-0.3, -0.25) is 14.4 Å². The minimum absolute atomic E-state index is 0. The van der Waals surface area contributed by atoms with E-state index in [2.05, 4.69) is 46.5 Å². The topological polar surface area (TPSA) is 144 Å². The standard InChI is InChI=1S/C50H63N4O6.Mg/c1-11-33-30(7)37-23-38-31(8)35(19-20-43(56)60-22-21-29(6)18-14-17-28(5)16-13-15-27(3)4)47(53-38)45-46(50(58)59-10)49(57)44-32(9)39(54-48(44)45)24-41-34(12-2)36(26-55)42(52-41)25-40(33)51-37;/h11,21,23-28,31,35,46-47,53H,1,12-20,22H2,2-10H3,(H,55,57);/q-3;+2/b29-21+,38-23-,42-25-;/t28-,31+,35+,46-,47?;/m1./s1. The molecule has 5 atom stereocenters. The van der Waals surface area contributed by atoms with Crippen LogP contribution in [0.2, 0.25) is 0 Å².